The second-order valence-electron chi connectivity index (χ2n) is 6.62. The molecule has 1 atom stereocenters. The molecular weight excluding hydrogens is 420 g/mol. The highest BCUT2D eigenvalue weighted by Gasteiger charge is 2.17. The lowest BCUT2D eigenvalue weighted by atomic mass is 10.1. The molecule has 0 aliphatic carbocycles. The summed E-state index contributed by atoms with van der Waals surface area (Å²) in [6.45, 7) is 0.475. The first kappa shape index (κ1) is 20.1. The predicted molar refractivity (Wildman–Crippen MR) is 113 cm³/mol. The van der Waals surface area contributed by atoms with Crippen LogP contribution >= 0.6 is 15.9 Å². The van der Waals surface area contributed by atoms with E-state index in [0.29, 0.717) is 12.1 Å². The molecule has 1 N–H and O–H groups in total. The van der Waals surface area contributed by atoms with Crippen molar-refractivity contribution in [3.05, 3.63) is 76.5 Å². The van der Waals surface area contributed by atoms with Gasteiger partial charge in [0.1, 0.15) is 5.75 Å². The summed E-state index contributed by atoms with van der Waals surface area (Å²) in [6.07, 6.45) is 3.31. The number of carbonyl (C=O) groups excluding carboxylic acids is 1. The van der Waals surface area contributed by atoms with Gasteiger partial charge in [0.2, 0.25) is 0 Å². The van der Waals surface area contributed by atoms with Crippen molar-refractivity contribution >= 4 is 21.8 Å². The fourth-order valence-corrected chi connectivity index (χ4v) is 3.18. The van der Waals surface area contributed by atoms with E-state index in [1.807, 2.05) is 62.6 Å². The molecule has 0 bridgehead atoms. The van der Waals surface area contributed by atoms with E-state index in [2.05, 4.69) is 31.2 Å². The summed E-state index contributed by atoms with van der Waals surface area (Å²) in [4.78, 5) is 14.7. The minimum Gasteiger partial charge on any atom is -0.497 e. The molecule has 2 aromatic carbocycles. The Morgan fingerprint density at radius 1 is 1.25 bits per heavy atom. The second kappa shape index (κ2) is 9.03. The molecule has 0 saturated carbocycles. The molecule has 146 valence electrons. The maximum absolute atomic E-state index is 12.6. The Balaban J connectivity index is 1.69. The largest absolute Gasteiger partial charge is 0.497 e. The number of aromatic nitrogens is 2. The van der Waals surface area contributed by atoms with Gasteiger partial charge in [-0.15, -0.1) is 0 Å². The maximum Gasteiger partial charge on any atom is 0.254 e. The summed E-state index contributed by atoms with van der Waals surface area (Å²) in [6, 6.07) is 15.7. The molecule has 3 aromatic rings. The number of nitrogens with one attached hydrogen (secondary N) is 1. The van der Waals surface area contributed by atoms with E-state index < -0.39 is 0 Å². The van der Waals surface area contributed by atoms with Crippen LogP contribution in [0.5, 0.6) is 5.75 Å². The molecule has 1 heterocycles. The van der Waals surface area contributed by atoms with Crippen LogP contribution in [-0.4, -0.2) is 48.3 Å². The van der Waals surface area contributed by atoms with Gasteiger partial charge in [0, 0.05) is 17.2 Å². The van der Waals surface area contributed by atoms with Crippen LogP contribution in [0.25, 0.3) is 5.69 Å². The molecule has 1 unspecified atom stereocenters. The van der Waals surface area contributed by atoms with E-state index in [-0.39, 0.29) is 11.9 Å². The van der Waals surface area contributed by atoms with Gasteiger partial charge < -0.3 is 15.0 Å². The summed E-state index contributed by atoms with van der Waals surface area (Å²) in [7, 11) is 5.62. The SMILES string of the molecule is COc1cccc(C(CNC(=O)c2cnn(-c3ccc(Br)cc3)c2)N(C)C)c1. The van der Waals surface area contributed by atoms with Crippen molar-refractivity contribution in [2.75, 3.05) is 27.7 Å². The topological polar surface area (TPSA) is 59.4 Å². The Bertz CT molecular complexity index is 938. The Morgan fingerprint density at radius 2 is 2.00 bits per heavy atom. The molecule has 28 heavy (non-hydrogen) atoms. The fourth-order valence-electron chi connectivity index (χ4n) is 2.91. The van der Waals surface area contributed by atoms with Crippen LogP contribution in [0.3, 0.4) is 0 Å². The zero-order valence-electron chi connectivity index (χ0n) is 16.1. The average molecular weight is 443 g/mol. The number of amides is 1. The van der Waals surface area contributed by atoms with E-state index in [1.165, 1.54) is 0 Å². The molecule has 0 saturated heterocycles. The number of hydrogen-bond donors (Lipinski definition) is 1. The molecule has 0 aliphatic heterocycles. The van der Waals surface area contributed by atoms with Crippen molar-refractivity contribution in [3.63, 3.8) is 0 Å². The summed E-state index contributed by atoms with van der Waals surface area (Å²) >= 11 is 3.41. The third-order valence-corrected chi connectivity index (χ3v) is 5.02. The van der Waals surface area contributed by atoms with Crippen molar-refractivity contribution < 1.29 is 9.53 Å². The highest BCUT2D eigenvalue weighted by molar-refractivity contribution is 9.10. The van der Waals surface area contributed by atoms with Crippen molar-refractivity contribution in [2.24, 2.45) is 0 Å². The van der Waals surface area contributed by atoms with Gasteiger partial charge in [0.05, 0.1) is 30.6 Å². The monoisotopic (exact) mass is 442 g/mol. The van der Waals surface area contributed by atoms with Crippen molar-refractivity contribution in [2.45, 2.75) is 6.04 Å². The first-order valence-corrected chi connectivity index (χ1v) is 9.66. The molecule has 0 fully saturated rings. The number of carbonyl (C=O) groups is 1. The van der Waals surface area contributed by atoms with E-state index in [9.17, 15) is 4.79 Å². The highest BCUT2D eigenvalue weighted by Crippen LogP contribution is 2.22. The van der Waals surface area contributed by atoms with Gasteiger partial charge in [-0.05, 0) is 56.1 Å². The first-order valence-electron chi connectivity index (χ1n) is 8.87. The predicted octanol–water partition coefficient (Wildman–Crippen LogP) is 3.68. The van der Waals surface area contributed by atoms with Crippen LogP contribution in [0, 0.1) is 0 Å². The molecule has 1 aromatic heterocycles. The fraction of sp³-hybridized carbons (Fsp3) is 0.238. The van der Waals surface area contributed by atoms with Gasteiger partial charge >= 0.3 is 0 Å². The van der Waals surface area contributed by atoms with Crippen LogP contribution < -0.4 is 10.1 Å². The average Bonchev–Trinajstić information content (AvgIpc) is 3.19. The van der Waals surface area contributed by atoms with Crippen LogP contribution in [0.4, 0.5) is 0 Å². The Hall–Kier alpha value is -2.64. The third kappa shape index (κ3) is 4.79. The minimum absolute atomic E-state index is 0.0283. The summed E-state index contributed by atoms with van der Waals surface area (Å²) in [5, 5.41) is 7.30. The molecular formula is C21H23BrN4O2. The standard InChI is InChI=1S/C21H23BrN4O2/c1-25(2)20(15-5-4-6-19(11-15)28-3)13-23-21(27)16-12-24-26(14-16)18-9-7-17(22)8-10-18/h4-12,14,20H,13H2,1-3H3,(H,23,27). The van der Waals surface area contributed by atoms with E-state index >= 15 is 0 Å². The second-order valence-corrected chi connectivity index (χ2v) is 7.53. The van der Waals surface area contributed by atoms with Crippen LogP contribution in [0.1, 0.15) is 22.0 Å². The quantitative estimate of drug-likeness (QED) is 0.606. The molecule has 6 nitrogen and oxygen atoms in total. The summed E-state index contributed by atoms with van der Waals surface area (Å²) in [5.74, 6) is 0.643. The lowest BCUT2D eigenvalue weighted by Gasteiger charge is -2.25. The van der Waals surface area contributed by atoms with Gasteiger partial charge in [-0.25, -0.2) is 4.68 Å². The zero-order chi connectivity index (χ0) is 20.1. The molecule has 0 aliphatic rings. The van der Waals surface area contributed by atoms with Crippen LogP contribution in [0.15, 0.2) is 65.4 Å². The van der Waals surface area contributed by atoms with Crippen LogP contribution in [-0.2, 0) is 0 Å². The lowest BCUT2D eigenvalue weighted by molar-refractivity contribution is 0.0942. The molecule has 1 amide bonds. The van der Waals surface area contributed by atoms with E-state index in [1.54, 1.807) is 24.2 Å². The lowest BCUT2D eigenvalue weighted by Crippen LogP contribution is -2.34. The minimum atomic E-state index is -0.155. The van der Waals surface area contributed by atoms with Crippen LogP contribution in [0.2, 0.25) is 0 Å². The normalized spacial score (nSPS) is 12.0. The van der Waals surface area contributed by atoms with E-state index in [0.717, 1.165) is 21.5 Å². The zero-order valence-corrected chi connectivity index (χ0v) is 17.7. The Labute approximate surface area is 173 Å². The number of ether oxygens (including phenoxy) is 1. The molecule has 7 heteroatoms. The third-order valence-electron chi connectivity index (χ3n) is 4.49. The summed E-state index contributed by atoms with van der Waals surface area (Å²) in [5.41, 5.74) is 2.49. The maximum atomic E-state index is 12.6. The number of rotatable bonds is 7. The Morgan fingerprint density at radius 3 is 2.68 bits per heavy atom. The van der Waals surface area contributed by atoms with Gasteiger partial charge in [-0.3, -0.25) is 4.79 Å². The van der Waals surface area contributed by atoms with Crippen molar-refractivity contribution in [3.8, 4) is 11.4 Å². The Kier molecular flexibility index (Phi) is 6.49. The number of methoxy groups -OCH3 is 1. The van der Waals surface area contributed by atoms with Crippen molar-refractivity contribution in [1.29, 1.82) is 0 Å². The first-order chi connectivity index (χ1) is 13.5. The number of nitrogens with zero attached hydrogens (tertiary/aromatic N) is 3. The van der Waals surface area contributed by atoms with Gasteiger partial charge in [0.15, 0.2) is 0 Å². The number of benzene rings is 2. The van der Waals surface area contributed by atoms with Gasteiger partial charge in [-0.2, -0.15) is 5.10 Å². The van der Waals surface area contributed by atoms with E-state index in [4.69, 9.17) is 4.74 Å². The number of halogens is 1. The molecule has 0 radical (unpaired) electrons. The van der Waals surface area contributed by atoms with Gasteiger partial charge in [0.25, 0.3) is 5.91 Å². The molecule has 0 spiro atoms. The van der Waals surface area contributed by atoms with Gasteiger partial charge in [-0.1, -0.05) is 28.1 Å². The molecule has 3 rings (SSSR count). The summed E-state index contributed by atoms with van der Waals surface area (Å²) < 4.78 is 7.99. The highest BCUT2D eigenvalue weighted by atomic mass is 79.9. The smallest absolute Gasteiger partial charge is 0.254 e. The number of likely N-dealkylation sites (N-methyl/N-ethyl adjacent to an activating group) is 1. The van der Waals surface area contributed by atoms with Crippen molar-refractivity contribution in [1.82, 2.24) is 20.0 Å². The number of hydrogen-bond acceptors (Lipinski definition) is 4.